The number of thiazole rings is 1. The molecule has 1 amide bonds. The number of sulfone groups is 1. The highest BCUT2D eigenvalue weighted by atomic mass is 35.5. The number of ketones is 1. The predicted molar refractivity (Wildman–Crippen MR) is 139 cm³/mol. The lowest BCUT2D eigenvalue weighted by Crippen LogP contribution is -2.14. The fourth-order valence-corrected chi connectivity index (χ4v) is 5.33. The van der Waals surface area contributed by atoms with Crippen molar-refractivity contribution < 1.29 is 18.0 Å². The molecule has 1 N–H and O–H groups in total. The number of carbonyl (C=O) groups excluding carboxylic acids is 2. The number of nitrogens with zero attached hydrogens (tertiary/aromatic N) is 1. The highest BCUT2D eigenvalue weighted by Gasteiger charge is 2.23. The minimum absolute atomic E-state index is 0.00388. The zero-order valence-electron chi connectivity index (χ0n) is 18.3. The van der Waals surface area contributed by atoms with Gasteiger partial charge in [0.15, 0.2) is 15.0 Å². The first kappa shape index (κ1) is 25.1. The van der Waals surface area contributed by atoms with Gasteiger partial charge in [0.2, 0.25) is 11.7 Å². The summed E-state index contributed by atoms with van der Waals surface area (Å²) < 4.78 is 23.3. The summed E-state index contributed by atoms with van der Waals surface area (Å²) in [5.41, 5.74) is 1.97. The van der Waals surface area contributed by atoms with Gasteiger partial charge in [0.1, 0.15) is 4.88 Å². The number of anilines is 1. The quantitative estimate of drug-likeness (QED) is 0.291. The Morgan fingerprint density at radius 1 is 0.971 bits per heavy atom. The lowest BCUT2D eigenvalue weighted by Gasteiger charge is -2.04. The van der Waals surface area contributed by atoms with E-state index < -0.39 is 9.84 Å². The van der Waals surface area contributed by atoms with Crippen LogP contribution in [0.15, 0.2) is 77.7 Å². The van der Waals surface area contributed by atoms with Gasteiger partial charge in [-0.05, 0) is 42.0 Å². The third-order valence-corrected chi connectivity index (χ3v) is 7.68. The zero-order chi connectivity index (χ0) is 25.2. The van der Waals surface area contributed by atoms with Gasteiger partial charge >= 0.3 is 0 Å². The molecule has 0 unspecified atom stereocenters. The lowest BCUT2D eigenvalue weighted by atomic mass is 10.1. The molecule has 1 aromatic heterocycles. The van der Waals surface area contributed by atoms with Gasteiger partial charge in [-0.15, -0.1) is 0 Å². The van der Waals surface area contributed by atoms with Crippen LogP contribution in [-0.2, 0) is 21.1 Å². The monoisotopic (exact) mass is 544 g/mol. The Morgan fingerprint density at radius 2 is 1.69 bits per heavy atom. The van der Waals surface area contributed by atoms with Crippen LogP contribution in [0.2, 0.25) is 10.0 Å². The average Bonchev–Trinajstić information content (AvgIpc) is 3.22. The Morgan fingerprint density at radius 3 is 2.34 bits per heavy atom. The fourth-order valence-electron chi connectivity index (χ4n) is 3.33. The van der Waals surface area contributed by atoms with Gasteiger partial charge in [0.05, 0.1) is 22.0 Å². The molecule has 0 bridgehead atoms. The molecule has 0 fully saturated rings. The third kappa shape index (κ3) is 5.97. The summed E-state index contributed by atoms with van der Waals surface area (Å²) in [7, 11) is -3.32. The normalized spacial score (nSPS) is 11.3. The second kappa shape index (κ2) is 10.3. The van der Waals surface area contributed by atoms with E-state index in [0.29, 0.717) is 37.3 Å². The maximum atomic E-state index is 13.3. The molecule has 0 aliphatic heterocycles. The van der Waals surface area contributed by atoms with Gasteiger partial charge in [-0.25, -0.2) is 13.4 Å². The van der Waals surface area contributed by atoms with E-state index >= 15 is 0 Å². The number of amides is 1. The molecule has 0 radical (unpaired) electrons. The number of aromatic nitrogens is 1. The highest BCUT2D eigenvalue weighted by molar-refractivity contribution is 7.90. The van der Waals surface area contributed by atoms with Crippen molar-refractivity contribution in [3.63, 3.8) is 0 Å². The van der Waals surface area contributed by atoms with Crippen LogP contribution < -0.4 is 5.32 Å². The van der Waals surface area contributed by atoms with E-state index in [0.717, 1.165) is 17.6 Å². The zero-order valence-corrected chi connectivity index (χ0v) is 21.4. The third-order valence-electron chi connectivity index (χ3n) is 5.01. The number of hydrogen-bond acceptors (Lipinski definition) is 6. The van der Waals surface area contributed by atoms with Crippen molar-refractivity contribution in [2.75, 3.05) is 11.6 Å². The van der Waals surface area contributed by atoms with Gasteiger partial charge in [-0.3, -0.25) is 9.59 Å². The second-order valence-electron chi connectivity index (χ2n) is 7.66. The van der Waals surface area contributed by atoms with Crippen LogP contribution in [0.25, 0.3) is 11.3 Å². The van der Waals surface area contributed by atoms with Crippen LogP contribution in [0.4, 0.5) is 5.13 Å². The molecule has 0 spiro atoms. The molecule has 6 nitrogen and oxygen atoms in total. The summed E-state index contributed by atoms with van der Waals surface area (Å²) in [6, 6.07) is 19.7. The Balaban J connectivity index is 1.63. The Bertz CT molecular complexity index is 1530. The van der Waals surface area contributed by atoms with Crippen LogP contribution in [0.3, 0.4) is 0 Å². The molecule has 0 aliphatic carbocycles. The molecule has 178 valence electrons. The topological polar surface area (TPSA) is 93.2 Å². The van der Waals surface area contributed by atoms with Gasteiger partial charge in [0.25, 0.3) is 0 Å². The van der Waals surface area contributed by atoms with Crippen LogP contribution in [-0.4, -0.2) is 31.3 Å². The first-order valence-corrected chi connectivity index (χ1v) is 13.7. The number of rotatable bonds is 7. The molecule has 1 heterocycles. The summed E-state index contributed by atoms with van der Waals surface area (Å²) in [6.07, 6.45) is 1.13. The van der Waals surface area contributed by atoms with Crippen molar-refractivity contribution in [3.05, 3.63) is 98.8 Å². The van der Waals surface area contributed by atoms with Gasteiger partial charge in [0, 0.05) is 22.4 Å². The minimum Gasteiger partial charge on any atom is -0.302 e. The van der Waals surface area contributed by atoms with Crippen molar-refractivity contribution >= 4 is 61.2 Å². The Kier molecular flexibility index (Phi) is 7.37. The van der Waals surface area contributed by atoms with Crippen molar-refractivity contribution in [1.82, 2.24) is 4.98 Å². The van der Waals surface area contributed by atoms with Crippen LogP contribution in [0, 0.1) is 0 Å². The van der Waals surface area contributed by atoms with Gasteiger partial charge in [-0.1, -0.05) is 70.9 Å². The van der Waals surface area contributed by atoms with Crippen LogP contribution in [0.5, 0.6) is 0 Å². The summed E-state index contributed by atoms with van der Waals surface area (Å²) in [4.78, 5) is 31.0. The van der Waals surface area contributed by atoms with Crippen molar-refractivity contribution in [2.24, 2.45) is 0 Å². The van der Waals surface area contributed by atoms with E-state index in [1.165, 1.54) is 12.1 Å². The van der Waals surface area contributed by atoms with Crippen molar-refractivity contribution in [2.45, 2.75) is 11.3 Å². The maximum Gasteiger partial charge on any atom is 0.230 e. The van der Waals surface area contributed by atoms with Crippen LogP contribution in [0.1, 0.15) is 20.8 Å². The van der Waals surface area contributed by atoms with E-state index in [2.05, 4.69) is 10.3 Å². The number of halogens is 2. The highest BCUT2D eigenvalue weighted by Crippen LogP contribution is 2.35. The molecule has 10 heteroatoms. The number of nitrogens with one attached hydrogen (secondary N) is 1. The maximum absolute atomic E-state index is 13.3. The molecular formula is C25H18Cl2N2O4S2. The number of benzene rings is 3. The average molecular weight is 545 g/mol. The second-order valence-corrected chi connectivity index (χ2v) is 11.5. The van der Waals surface area contributed by atoms with E-state index in [1.807, 2.05) is 0 Å². The molecule has 4 aromatic rings. The molecule has 3 aromatic carbocycles. The molecule has 35 heavy (non-hydrogen) atoms. The van der Waals surface area contributed by atoms with E-state index in [9.17, 15) is 18.0 Å². The molecule has 0 saturated carbocycles. The minimum atomic E-state index is -3.32. The van der Waals surface area contributed by atoms with Crippen LogP contribution >= 0.6 is 34.5 Å². The van der Waals surface area contributed by atoms with E-state index in [1.54, 1.807) is 60.7 Å². The van der Waals surface area contributed by atoms with Crippen molar-refractivity contribution in [1.29, 1.82) is 0 Å². The SMILES string of the molecule is CS(=O)(=O)c1ccc(CC(=O)Nc2nc(-c3cccc(Cl)c3)c(C(=O)c3ccccc3Cl)s2)cc1. The van der Waals surface area contributed by atoms with E-state index in [-0.39, 0.29) is 28.1 Å². The molecule has 0 atom stereocenters. The fraction of sp³-hybridized carbons (Fsp3) is 0.0800. The summed E-state index contributed by atoms with van der Waals surface area (Å²) >= 11 is 13.4. The largest absolute Gasteiger partial charge is 0.302 e. The molecule has 4 rings (SSSR count). The lowest BCUT2D eigenvalue weighted by molar-refractivity contribution is -0.115. The molecular weight excluding hydrogens is 527 g/mol. The first-order valence-electron chi connectivity index (χ1n) is 10.3. The summed E-state index contributed by atoms with van der Waals surface area (Å²) in [5, 5.41) is 3.77. The Hall–Kier alpha value is -3.04. The van der Waals surface area contributed by atoms with Gasteiger partial charge < -0.3 is 5.32 Å². The van der Waals surface area contributed by atoms with Gasteiger partial charge in [-0.2, -0.15) is 0 Å². The summed E-state index contributed by atoms with van der Waals surface area (Å²) in [6.45, 7) is 0. The van der Waals surface area contributed by atoms with Crippen molar-refractivity contribution in [3.8, 4) is 11.3 Å². The summed E-state index contributed by atoms with van der Waals surface area (Å²) in [5.74, 6) is -0.680. The smallest absolute Gasteiger partial charge is 0.230 e. The first-order chi connectivity index (χ1) is 16.6. The Labute approximate surface area is 216 Å². The predicted octanol–water partition coefficient (Wildman–Crippen LogP) is 5.93. The molecule has 0 aliphatic rings. The number of hydrogen-bond donors (Lipinski definition) is 1. The number of carbonyl (C=O) groups is 2. The molecule has 0 saturated heterocycles. The standard InChI is InChI=1S/C25H18Cl2N2O4S2/c1-35(32,33)18-11-9-15(10-12-18)13-21(30)28-25-29-22(16-5-4-6-17(26)14-16)24(34-25)23(31)19-7-2-3-8-20(19)27/h2-12,14H,13H2,1H3,(H,28,29,30). The van der Waals surface area contributed by atoms with E-state index in [4.69, 9.17) is 23.2 Å².